The van der Waals surface area contributed by atoms with Gasteiger partial charge in [-0.2, -0.15) is 0 Å². The van der Waals surface area contributed by atoms with Crippen molar-refractivity contribution in [2.45, 2.75) is 12.5 Å². The van der Waals surface area contributed by atoms with Crippen molar-refractivity contribution in [3.05, 3.63) is 71.8 Å². The van der Waals surface area contributed by atoms with Crippen LogP contribution < -0.4 is 4.90 Å². The summed E-state index contributed by atoms with van der Waals surface area (Å²) in [5, 5.41) is 0. The largest absolute Gasteiger partial charge is 0.364 e. The minimum absolute atomic E-state index is 0.303. The van der Waals surface area contributed by atoms with Gasteiger partial charge in [-0.05, 0) is 23.6 Å². The van der Waals surface area contributed by atoms with Crippen molar-refractivity contribution in [3.8, 4) is 0 Å². The van der Waals surface area contributed by atoms with E-state index >= 15 is 0 Å². The molecule has 170 valence electrons. The summed E-state index contributed by atoms with van der Waals surface area (Å²) in [6.07, 6.45) is 4.52. The molecular weight excluding hydrogens is 416 g/mol. The second kappa shape index (κ2) is 8.15. The summed E-state index contributed by atoms with van der Waals surface area (Å²) in [4.78, 5) is 46.5. The zero-order chi connectivity index (χ0) is 23.2. The molecule has 0 radical (unpaired) electrons. The third-order valence-corrected chi connectivity index (χ3v) is 7.22. The van der Waals surface area contributed by atoms with Gasteiger partial charge in [0.1, 0.15) is 0 Å². The molecule has 5 rings (SSSR count). The number of imide groups is 2. The van der Waals surface area contributed by atoms with E-state index in [9.17, 15) is 14.4 Å². The topological polar surface area (TPSA) is 64.2 Å². The van der Waals surface area contributed by atoms with Crippen LogP contribution in [0.3, 0.4) is 0 Å². The first kappa shape index (κ1) is 21.4. The number of hydrogen-bond donors (Lipinski definition) is 0. The van der Waals surface area contributed by atoms with Gasteiger partial charge in [0.05, 0.1) is 6.04 Å². The number of amides is 4. The molecule has 0 bridgehead atoms. The molecule has 7 nitrogen and oxygen atoms in total. The van der Waals surface area contributed by atoms with Gasteiger partial charge in [0.15, 0.2) is 5.41 Å². The SMILES string of the molecule is CN1C(=O)N(C)C(=O)C2(Cc3ccccc3N3CCN(CC=Cc4ccccc4)CC32)C1=O. The maximum absolute atomic E-state index is 13.6. The van der Waals surface area contributed by atoms with Crippen molar-refractivity contribution >= 4 is 29.6 Å². The van der Waals surface area contributed by atoms with Gasteiger partial charge in [-0.1, -0.05) is 60.7 Å². The number of urea groups is 1. The molecule has 2 aromatic rings. The van der Waals surface area contributed by atoms with Crippen LogP contribution in [0.1, 0.15) is 11.1 Å². The van der Waals surface area contributed by atoms with Gasteiger partial charge in [0.25, 0.3) is 0 Å². The number of rotatable bonds is 3. The van der Waals surface area contributed by atoms with Crippen molar-refractivity contribution in [1.82, 2.24) is 14.7 Å². The van der Waals surface area contributed by atoms with Crippen LogP contribution in [0, 0.1) is 5.41 Å². The molecular formula is C26H28N4O3. The normalized spacial score (nSPS) is 22.8. The monoisotopic (exact) mass is 444 g/mol. The lowest BCUT2D eigenvalue weighted by Gasteiger charge is -2.56. The summed E-state index contributed by atoms with van der Waals surface area (Å²) in [6.45, 7) is 2.84. The maximum Gasteiger partial charge on any atom is 0.332 e. The van der Waals surface area contributed by atoms with E-state index in [0.717, 1.165) is 39.7 Å². The second-order valence-electron chi connectivity index (χ2n) is 9.07. The molecule has 7 heteroatoms. The van der Waals surface area contributed by atoms with E-state index in [1.165, 1.54) is 14.1 Å². The standard InChI is InChI=1S/C26H28N4O3/c1-27-23(31)26(24(32)28(2)25(27)33)17-20-12-6-7-13-21(20)30-16-15-29(18-22(26)30)14-8-11-19-9-4-3-5-10-19/h3-13,22H,14-18H2,1-2H3. The summed E-state index contributed by atoms with van der Waals surface area (Å²) in [5.41, 5.74) is 1.88. The minimum atomic E-state index is -1.31. The number of carbonyl (C=O) groups excluding carboxylic acids is 3. The number of benzene rings is 2. The molecule has 2 fully saturated rings. The van der Waals surface area contributed by atoms with Crippen LogP contribution >= 0.6 is 0 Å². The number of para-hydroxylation sites is 1. The van der Waals surface area contributed by atoms with E-state index in [-0.39, 0.29) is 6.04 Å². The molecule has 0 aromatic heterocycles. The van der Waals surface area contributed by atoms with Crippen LogP contribution in [-0.2, 0) is 16.0 Å². The molecule has 0 saturated carbocycles. The molecule has 3 aliphatic heterocycles. The summed E-state index contributed by atoms with van der Waals surface area (Å²) >= 11 is 0. The van der Waals surface area contributed by atoms with E-state index in [1.54, 1.807) is 0 Å². The zero-order valence-corrected chi connectivity index (χ0v) is 19.0. The van der Waals surface area contributed by atoms with E-state index in [4.69, 9.17) is 0 Å². The van der Waals surface area contributed by atoms with Crippen molar-refractivity contribution in [2.75, 3.05) is 45.2 Å². The van der Waals surface area contributed by atoms with Crippen molar-refractivity contribution < 1.29 is 14.4 Å². The predicted molar refractivity (Wildman–Crippen MR) is 127 cm³/mol. The Morgan fingerprint density at radius 3 is 2.30 bits per heavy atom. The summed E-state index contributed by atoms with van der Waals surface area (Å²) in [6, 6.07) is 17.2. The Bertz CT molecular complexity index is 1110. The average molecular weight is 445 g/mol. The molecule has 2 saturated heterocycles. The fourth-order valence-corrected chi connectivity index (χ4v) is 5.50. The Morgan fingerprint density at radius 2 is 1.58 bits per heavy atom. The Morgan fingerprint density at radius 1 is 0.909 bits per heavy atom. The van der Waals surface area contributed by atoms with Gasteiger partial charge in [-0.3, -0.25) is 24.3 Å². The van der Waals surface area contributed by atoms with Crippen molar-refractivity contribution in [3.63, 3.8) is 0 Å². The quantitative estimate of drug-likeness (QED) is 0.681. The molecule has 0 aliphatic carbocycles. The number of piperazine rings is 1. The van der Waals surface area contributed by atoms with E-state index in [0.29, 0.717) is 19.5 Å². The zero-order valence-electron chi connectivity index (χ0n) is 19.0. The number of anilines is 1. The smallest absolute Gasteiger partial charge is 0.332 e. The van der Waals surface area contributed by atoms with Crippen molar-refractivity contribution in [1.29, 1.82) is 0 Å². The molecule has 4 amide bonds. The lowest BCUT2D eigenvalue weighted by atomic mass is 9.67. The molecule has 3 heterocycles. The first-order valence-corrected chi connectivity index (χ1v) is 11.3. The Hall–Kier alpha value is -3.45. The molecule has 0 N–H and O–H groups in total. The molecule has 1 spiro atoms. The predicted octanol–water partition coefficient (Wildman–Crippen LogP) is 2.48. The Kier molecular flexibility index (Phi) is 5.29. The van der Waals surface area contributed by atoms with Gasteiger partial charge in [0.2, 0.25) is 11.8 Å². The highest BCUT2D eigenvalue weighted by atomic mass is 16.2. The molecule has 33 heavy (non-hydrogen) atoms. The van der Waals surface area contributed by atoms with Crippen LogP contribution in [0.2, 0.25) is 0 Å². The summed E-state index contributed by atoms with van der Waals surface area (Å²) in [5.74, 6) is -0.802. The van der Waals surface area contributed by atoms with Crippen LogP contribution in [-0.4, -0.2) is 78.9 Å². The van der Waals surface area contributed by atoms with Gasteiger partial charge < -0.3 is 4.90 Å². The van der Waals surface area contributed by atoms with Crippen LogP contribution in [0.5, 0.6) is 0 Å². The molecule has 2 aromatic carbocycles. The van der Waals surface area contributed by atoms with Crippen LogP contribution in [0.15, 0.2) is 60.7 Å². The maximum atomic E-state index is 13.6. The fourth-order valence-electron chi connectivity index (χ4n) is 5.50. The summed E-state index contributed by atoms with van der Waals surface area (Å²) in [7, 11) is 2.95. The van der Waals surface area contributed by atoms with Gasteiger partial charge in [0, 0.05) is 46.0 Å². The molecule has 3 aliphatic rings. The van der Waals surface area contributed by atoms with Gasteiger partial charge >= 0.3 is 6.03 Å². The first-order valence-electron chi connectivity index (χ1n) is 11.3. The minimum Gasteiger partial charge on any atom is -0.364 e. The lowest BCUT2D eigenvalue weighted by Crippen LogP contribution is -2.74. The Labute approximate surface area is 193 Å². The molecule has 1 unspecified atom stereocenters. The highest BCUT2D eigenvalue weighted by Crippen LogP contribution is 2.46. The van der Waals surface area contributed by atoms with Gasteiger partial charge in [-0.15, -0.1) is 0 Å². The average Bonchev–Trinajstić information content (AvgIpc) is 2.85. The number of barbiturate groups is 1. The first-order chi connectivity index (χ1) is 15.9. The summed E-state index contributed by atoms with van der Waals surface area (Å²) < 4.78 is 0. The van der Waals surface area contributed by atoms with E-state index in [2.05, 4.69) is 40.2 Å². The van der Waals surface area contributed by atoms with Crippen LogP contribution in [0.4, 0.5) is 10.5 Å². The van der Waals surface area contributed by atoms with Crippen LogP contribution in [0.25, 0.3) is 6.08 Å². The third kappa shape index (κ3) is 3.35. The Balaban J connectivity index is 1.49. The lowest BCUT2D eigenvalue weighted by molar-refractivity contribution is -0.160. The number of nitrogens with zero attached hydrogens (tertiary/aromatic N) is 4. The van der Waals surface area contributed by atoms with E-state index in [1.807, 2.05) is 36.4 Å². The number of hydrogen-bond acceptors (Lipinski definition) is 5. The highest BCUT2D eigenvalue weighted by Gasteiger charge is 2.63. The van der Waals surface area contributed by atoms with Crippen molar-refractivity contribution in [2.24, 2.45) is 5.41 Å². The third-order valence-electron chi connectivity index (χ3n) is 7.22. The van der Waals surface area contributed by atoms with Gasteiger partial charge in [-0.25, -0.2) is 4.79 Å². The molecule has 1 atom stereocenters. The fraction of sp³-hybridized carbons (Fsp3) is 0.346. The second-order valence-corrected chi connectivity index (χ2v) is 9.07. The van der Waals surface area contributed by atoms with E-state index < -0.39 is 23.3 Å². The number of carbonyl (C=O) groups is 3. The highest BCUT2D eigenvalue weighted by molar-refractivity contribution is 6.20. The number of fused-ring (bicyclic) bond motifs is 4.